The maximum absolute atomic E-state index is 14.1. The second-order valence-electron chi connectivity index (χ2n) is 8.74. The molecule has 0 spiro atoms. The summed E-state index contributed by atoms with van der Waals surface area (Å²) in [4.78, 5) is 17.4. The van der Waals surface area contributed by atoms with Crippen LogP contribution in [0.5, 0.6) is 0 Å². The quantitative estimate of drug-likeness (QED) is 0.261. The van der Waals surface area contributed by atoms with Gasteiger partial charge in [0.15, 0.2) is 11.5 Å². The number of aryl methyl sites for hydroxylation is 3. The van der Waals surface area contributed by atoms with Crippen molar-refractivity contribution in [2.75, 3.05) is 5.32 Å². The van der Waals surface area contributed by atoms with E-state index in [1.807, 2.05) is 38.1 Å². The third-order valence-corrected chi connectivity index (χ3v) is 6.54. The Bertz CT molecular complexity index is 1440. The molecule has 0 aliphatic heterocycles. The molecule has 1 heterocycles. The number of hydrogen-bond donors (Lipinski definition) is 2. The molecule has 5 nitrogen and oxygen atoms in total. The summed E-state index contributed by atoms with van der Waals surface area (Å²) < 4.78 is 28.9. The molecule has 2 N–H and O–H groups in total. The van der Waals surface area contributed by atoms with E-state index < -0.39 is 11.8 Å². The van der Waals surface area contributed by atoms with Gasteiger partial charge in [-0.25, -0.2) is 13.8 Å². The molecule has 36 heavy (non-hydrogen) atoms. The van der Waals surface area contributed by atoms with Crippen LogP contribution < -0.4 is 5.32 Å². The molecule has 0 fully saturated rings. The van der Waals surface area contributed by atoms with E-state index in [0.717, 1.165) is 22.3 Å². The van der Waals surface area contributed by atoms with Gasteiger partial charge >= 0.3 is 0 Å². The molecule has 186 valence electrons. The highest BCUT2D eigenvalue weighted by atomic mass is 35.5. The number of nitrogens with zero attached hydrogens (tertiary/aromatic N) is 2. The number of amides is 1. The molecule has 0 saturated carbocycles. The molecule has 0 atom stereocenters. The molecular weight excluding hydrogens is 484 g/mol. The first-order valence-electron chi connectivity index (χ1n) is 11.5. The highest BCUT2D eigenvalue weighted by Crippen LogP contribution is 2.36. The molecule has 8 heteroatoms. The fraction of sp³-hybridized carbons (Fsp3) is 0.214. The van der Waals surface area contributed by atoms with E-state index in [2.05, 4.69) is 10.3 Å². The van der Waals surface area contributed by atoms with Crippen LogP contribution in [0.1, 0.15) is 46.2 Å². The summed E-state index contributed by atoms with van der Waals surface area (Å²) in [5.74, 6) is -3.52. The van der Waals surface area contributed by atoms with Gasteiger partial charge in [0, 0.05) is 33.8 Å². The fourth-order valence-corrected chi connectivity index (χ4v) is 4.49. The molecule has 0 saturated heterocycles. The highest BCUT2D eigenvalue weighted by Gasteiger charge is 2.29. The Morgan fingerprint density at radius 1 is 1.06 bits per heavy atom. The van der Waals surface area contributed by atoms with Crippen LogP contribution in [0.25, 0.3) is 22.5 Å². The van der Waals surface area contributed by atoms with Crippen molar-refractivity contribution in [3.8, 4) is 22.5 Å². The summed E-state index contributed by atoms with van der Waals surface area (Å²) >= 11 is 6.53. The predicted molar refractivity (Wildman–Crippen MR) is 138 cm³/mol. The van der Waals surface area contributed by atoms with Crippen LogP contribution in [-0.2, 0) is 5.92 Å². The third-order valence-electron chi connectivity index (χ3n) is 6.21. The van der Waals surface area contributed by atoms with E-state index in [-0.39, 0.29) is 34.9 Å². The number of anilines is 1. The molecule has 0 bridgehead atoms. The van der Waals surface area contributed by atoms with Crippen molar-refractivity contribution >= 4 is 23.2 Å². The predicted octanol–water partition coefficient (Wildman–Crippen LogP) is 7.79. The van der Waals surface area contributed by atoms with Gasteiger partial charge in [0.25, 0.3) is 11.8 Å². The number of rotatable bonds is 6. The Labute approximate surface area is 213 Å². The molecule has 0 aliphatic rings. The van der Waals surface area contributed by atoms with Crippen molar-refractivity contribution in [1.82, 2.24) is 9.71 Å². The first-order valence-corrected chi connectivity index (χ1v) is 11.9. The molecule has 3 aromatic carbocycles. The molecular formula is C28H26ClF2N3O2. The lowest BCUT2D eigenvalue weighted by molar-refractivity contribution is -0.00824. The Hall–Kier alpha value is -3.71. The van der Waals surface area contributed by atoms with Crippen molar-refractivity contribution < 1.29 is 18.8 Å². The monoisotopic (exact) mass is 509 g/mol. The lowest BCUT2D eigenvalue weighted by Crippen LogP contribution is -2.18. The Morgan fingerprint density at radius 3 is 2.39 bits per heavy atom. The van der Waals surface area contributed by atoms with Gasteiger partial charge in [-0.2, -0.15) is 4.73 Å². The van der Waals surface area contributed by atoms with E-state index >= 15 is 0 Å². The zero-order chi connectivity index (χ0) is 26.2. The van der Waals surface area contributed by atoms with Crippen LogP contribution in [0, 0.1) is 20.8 Å². The number of aromatic nitrogens is 2. The number of benzene rings is 3. The third kappa shape index (κ3) is 4.71. The first kappa shape index (κ1) is 25.4. The number of hydrogen-bond acceptors (Lipinski definition) is 3. The molecule has 4 rings (SSSR count). The SMILES string of the molecule is CCC(F)(F)c1cccc(NC(=O)c2c(C)nc(-c3ccc(Cl)c(-c4c(C)cccc4C)c3)n2O)c1. The lowest BCUT2D eigenvalue weighted by Gasteiger charge is -2.15. The molecule has 0 unspecified atom stereocenters. The van der Waals surface area contributed by atoms with E-state index in [9.17, 15) is 18.8 Å². The van der Waals surface area contributed by atoms with Crippen LogP contribution in [-0.4, -0.2) is 20.8 Å². The van der Waals surface area contributed by atoms with Crippen LogP contribution in [0.4, 0.5) is 14.5 Å². The summed E-state index contributed by atoms with van der Waals surface area (Å²) in [7, 11) is 0. The number of alkyl halides is 2. The van der Waals surface area contributed by atoms with Crippen LogP contribution in [0.2, 0.25) is 5.02 Å². The number of carbonyl (C=O) groups is 1. The van der Waals surface area contributed by atoms with E-state index in [1.54, 1.807) is 19.1 Å². The van der Waals surface area contributed by atoms with E-state index in [0.29, 0.717) is 15.3 Å². The topological polar surface area (TPSA) is 67.2 Å². The van der Waals surface area contributed by atoms with Gasteiger partial charge < -0.3 is 10.5 Å². The minimum atomic E-state index is -3.01. The molecule has 0 radical (unpaired) electrons. The van der Waals surface area contributed by atoms with E-state index in [1.165, 1.54) is 31.2 Å². The summed E-state index contributed by atoms with van der Waals surface area (Å²) in [6, 6.07) is 16.7. The van der Waals surface area contributed by atoms with Crippen LogP contribution >= 0.6 is 11.6 Å². The average molecular weight is 510 g/mol. The fourth-order valence-electron chi connectivity index (χ4n) is 4.28. The second kappa shape index (κ2) is 9.74. The largest absolute Gasteiger partial charge is 0.426 e. The maximum atomic E-state index is 14.1. The number of imidazole rings is 1. The molecule has 1 aromatic heterocycles. The minimum absolute atomic E-state index is 0.0961. The zero-order valence-corrected chi connectivity index (χ0v) is 21.1. The molecule has 4 aromatic rings. The molecule has 1 amide bonds. The lowest BCUT2D eigenvalue weighted by atomic mass is 9.94. The Balaban J connectivity index is 1.70. The highest BCUT2D eigenvalue weighted by molar-refractivity contribution is 6.33. The van der Waals surface area contributed by atoms with Gasteiger partial charge in [0.2, 0.25) is 0 Å². The molecule has 0 aliphatic carbocycles. The zero-order valence-electron chi connectivity index (χ0n) is 20.4. The van der Waals surface area contributed by atoms with Gasteiger partial charge in [0.1, 0.15) is 0 Å². The van der Waals surface area contributed by atoms with Gasteiger partial charge in [-0.1, -0.05) is 48.9 Å². The first-order chi connectivity index (χ1) is 17.0. The van der Waals surface area contributed by atoms with Crippen LogP contribution in [0.3, 0.4) is 0 Å². The van der Waals surface area contributed by atoms with Gasteiger partial charge in [-0.3, -0.25) is 4.79 Å². The number of halogens is 3. The summed E-state index contributed by atoms with van der Waals surface area (Å²) in [5, 5.41) is 14.0. The standard InChI is InChI=1S/C28H26ClF2N3O2/c1-5-28(30,31)20-10-7-11-21(15-20)33-27(35)25-18(4)32-26(34(25)36)19-12-13-23(29)22(14-19)24-16(2)8-6-9-17(24)3/h6-15,36H,5H2,1-4H3,(H,33,35). The number of nitrogens with one attached hydrogen (secondary N) is 1. The van der Waals surface area contributed by atoms with Crippen LogP contribution in [0.15, 0.2) is 60.7 Å². The van der Waals surface area contributed by atoms with Crippen molar-refractivity contribution in [3.05, 3.63) is 93.8 Å². The van der Waals surface area contributed by atoms with Gasteiger partial charge in [0.05, 0.1) is 5.69 Å². The maximum Gasteiger partial charge on any atom is 0.277 e. The Morgan fingerprint density at radius 2 is 1.72 bits per heavy atom. The minimum Gasteiger partial charge on any atom is -0.426 e. The van der Waals surface area contributed by atoms with Gasteiger partial charge in [-0.15, -0.1) is 0 Å². The summed E-state index contributed by atoms with van der Waals surface area (Å²) in [6.07, 6.45) is -0.360. The van der Waals surface area contributed by atoms with E-state index in [4.69, 9.17) is 11.6 Å². The van der Waals surface area contributed by atoms with Gasteiger partial charge in [-0.05, 0) is 67.8 Å². The van der Waals surface area contributed by atoms with Crippen molar-refractivity contribution in [2.24, 2.45) is 0 Å². The second-order valence-corrected chi connectivity index (χ2v) is 9.14. The Kier molecular flexibility index (Phi) is 6.87. The van der Waals surface area contributed by atoms with Crippen molar-refractivity contribution in [3.63, 3.8) is 0 Å². The summed E-state index contributed by atoms with van der Waals surface area (Å²) in [6.45, 7) is 6.98. The van der Waals surface area contributed by atoms with Crippen molar-refractivity contribution in [2.45, 2.75) is 40.0 Å². The number of carbonyl (C=O) groups excluding carboxylic acids is 1. The van der Waals surface area contributed by atoms with Crippen molar-refractivity contribution in [1.29, 1.82) is 0 Å². The average Bonchev–Trinajstić information content (AvgIpc) is 3.14. The normalized spacial score (nSPS) is 11.5. The summed E-state index contributed by atoms with van der Waals surface area (Å²) in [5.41, 5.74) is 4.61. The smallest absolute Gasteiger partial charge is 0.277 e.